The van der Waals surface area contributed by atoms with Gasteiger partial charge >= 0.3 is 0 Å². The third kappa shape index (κ3) is 5.55. The predicted octanol–water partition coefficient (Wildman–Crippen LogP) is 1.55. The number of ether oxygens (including phenoxy) is 2. The van der Waals surface area contributed by atoms with Crippen LogP contribution in [-0.2, 0) is 21.3 Å². The largest absolute Gasteiger partial charge is 0.497 e. The predicted molar refractivity (Wildman–Crippen MR) is 97.7 cm³/mol. The van der Waals surface area contributed by atoms with Gasteiger partial charge in [0.2, 0.25) is 10.0 Å². The Bertz CT molecular complexity index is 835. The number of methoxy groups -OCH3 is 2. The second-order valence-corrected chi connectivity index (χ2v) is 7.22. The number of amides is 1. The summed E-state index contributed by atoms with van der Waals surface area (Å²) in [7, 11) is -0.614. The summed E-state index contributed by atoms with van der Waals surface area (Å²) in [5.74, 6) is 0.383. The fourth-order valence-corrected chi connectivity index (χ4v) is 3.25. The van der Waals surface area contributed by atoms with Crippen LogP contribution in [0.4, 0.5) is 0 Å². The van der Waals surface area contributed by atoms with Gasteiger partial charge in [0.1, 0.15) is 5.75 Å². The van der Waals surface area contributed by atoms with E-state index in [0.29, 0.717) is 6.54 Å². The van der Waals surface area contributed by atoms with E-state index < -0.39 is 10.0 Å². The summed E-state index contributed by atoms with van der Waals surface area (Å²) < 4.78 is 36.7. The molecule has 0 saturated heterocycles. The molecule has 0 atom stereocenters. The van der Waals surface area contributed by atoms with Gasteiger partial charge in [-0.1, -0.05) is 18.2 Å². The molecule has 0 aliphatic rings. The molecule has 0 heterocycles. The SMILES string of the molecule is COCCNS(=O)(=O)c1cccc(C(=O)NCc2ccc(OC)cc2)c1. The van der Waals surface area contributed by atoms with E-state index >= 15 is 0 Å². The van der Waals surface area contributed by atoms with Crippen LogP contribution in [0.15, 0.2) is 53.4 Å². The molecule has 1 amide bonds. The van der Waals surface area contributed by atoms with Crippen LogP contribution >= 0.6 is 0 Å². The zero-order valence-electron chi connectivity index (χ0n) is 14.7. The Morgan fingerprint density at radius 2 is 1.81 bits per heavy atom. The lowest BCUT2D eigenvalue weighted by Crippen LogP contribution is -2.28. The van der Waals surface area contributed by atoms with Crippen LogP contribution in [0.1, 0.15) is 15.9 Å². The summed E-state index contributed by atoms with van der Waals surface area (Å²) in [5, 5.41) is 2.77. The average molecular weight is 378 g/mol. The summed E-state index contributed by atoms with van der Waals surface area (Å²) in [6, 6.07) is 13.2. The smallest absolute Gasteiger partial charge is 0.251 e. The number of hydrogen-bond acceptors (Lipinski definition) is 5. The number of carbonyl (C=O) groups is 1. The molecule has 7 nitrogen and oxygen atoms in total. The quantitative estimate of drug-likeness (QED) is 0.646. The first-order valence-electron chi connectivity index (χ1n) is 7.96. The molecule has 0 aliphatic heterocycles. The maximum Gasteiger partial charge on any atom is 0.251 e. The summed E-state index contributed by atoms with van der Waals surface area (Å²) in [6.07, 6.45) is 0. The first-order chi connectivity index (χ1) is 12.5. The van der Waals surface area contributed by atoms with Gasteiger partial charge in [0.15, 0.2) is 0 Å². The van der Waals surface area contributed by atoms with Crippen LogP contribution in [0.2, 0.25) is 0 Å². The minimum Gasteiger partial charge on any atom is -0.497 e. The molecule has 0 fully saturated rings. The van der Waals surface area contributed by atoms with Gasteiger partial charge in [-0.2, -0.15) is 0 Å². The second-order valence-electron chi connectivity index (χ2n) is 5.45. The van der Waals surface area contributed by atoms with Gasteiger partial charge in [0, 0.05) is 25.8 Å². The van der Waals surface area contributed by atoms with Gasteiger partial charge in [-0.05, 0) is 35.9 Å². The highest BCUT2D eigenvalue weighted by Gasteiger charge is 2.15. The molecule has 0 aromatic heterocycles. The highest BCUT2D eigenvalue weighted by Crippen LogP contribution is 2.13. The average Bonchev–Trinajstić information content (AvgIpc) is 2.66. The van der Waals surface area contributed by atoms with Gasteiger partial charge in [-0.3, -0.25) is 4.79 Å². The summed E-state index contributed by atoms with van der Waals surface area (Å²) in [4.78, 5) is 12.3. The molecule has 140 valence electrons. The van der Waals surface area contributed by atoms with Gasteiger partial charge in [-0.15, -0.1) is 0 Å². The van der Waals surface area contributed by atoms with Crippen molar-refractivity contribution >= 4 is 15.9 Å². The Balaban J connectivity index is 2.02. The Morgan fingerprint density at radius 1 is 1.08 bits per heavy atom. The van der Waals surface area contributed by atoms with Crippen molar-refractivity contribution in [3.63, 3.8) is 0 Å². The lowest BCUT2D eigenvalue weighted by Gasteiger charge is -2.09. The monoisotopic (exact) mass is 378 g/mol. The molecule has 2 aromatic carbocycles. The molecule has 2 rings (SSSR count). The van der Waals surface area contributed by atoms with Gasteiger partial charge in [0.05, 0.1) is 18.6 Å². The summed E-state index contributed by atoms with van der Waals surface area (Å²) in [6.45, 7) is 0.750. The Labute approximate surface area is 153 Å². The zero-order chi connectivity index (χ0) is 19.0. The van der Waals surface area contributed by atoms with E-state index in [9.17, 15) is 13.2 Å². The molecule has 0 spiro atoms. The lowest BCUT2D eigenvalue weighted by atomic mass is 10.2. The molecular weight excluding hydrogens is 356 g/mol. The van der Waals surface area contributed by atoms with Crippen molar-refractivity contribution in [2.24, 2.45) is 0 Å². The zero-order valence-corrected chi connectivity index (χ0v) is 15.5. The number of hydrogen-bond donors (Lipinski definition) is 2. The van der Waals surface area contributed by atoms with Gasteiger partial charge in [0.25, 0.3) is 5.91 Å². The Kier molecular flexibility index (Phi) is 7.14. The van der Waals surface area contributed by atoms with Crippen molar-refractivity contribution in [2.45, 2.75) is 11.4 Å². The van der Waals surface area contributed by atoms with E-state index in [-0.39, 0.29) is 29.5 Å². The van der Waals surface area contributed by atoms with E-state index in [4.69, 9.17) is 9.47 Å². The van der Waals surface area contributed by atoms with E-state index in [1.165, 1.54) is 25.3 Å². The third-order valence-corrected chi connectivity index (χ3v) is 5.08. The number of carbonyl (C=O) groups excluding carboxylic acids is 1. The summed E-state index contributed by atoms with van der Waals surface area (Å²) in [5.41, 5.74) is 1.18. The van der Waals surface area contributed by atoms with Crippen LogP contribution in [0.5, 0.6) is 5.75 Å². The van der Waals surface area contributed by atoms with Gasteiger partial charge < -0.3 is 14.8 Å². The Morgan fingerprint density at radius 3 is 2.46 bits per heavy atom. The molecule has 2 N–H and O–H groups in total. The van der Waals surface area contributed by atoms with E-state index in [2.05, 4.69) is 10.0 Å². The molecule has 0 radical (unpaired) electrons. The number of rotatable bonds is 9. The lowest BCUT2D eigenvalue weighted by molar-refractivity contribution is 0.0950. The molecular formula is C18H22N2O5S. The van der Waals surface area contributed by atoms with Crippen molar-refractivity contribution < 1.29 is 22.7 Å². The standard InChI is InChI=1S/C18H22N2O5S/c1-24-11-10-20-26(22,23)17-5-3-4-15(12-17)18(21)19-13-14-6-8-16(25-2)9-7-14/h3-9,12,20H,10-11,13H2,1-2H3,(H,19,21). The molecule has 0 bridgehead atoms. The van der Waals surface area contributed by atoms with Crippen LogP contribution in [0.25, 0.3) is 0 Å². The van der Waals surface area contributed by atoms with Crippen LogP contribution < -0.4 is 14.8 Å². The fraction of sp³-hybridized carbons (Fsp3) is 0.278. The molecule has 0 unspecified atom stereocenters. The molecule has 0 saturated carbocycles. The van der Waals surface area contributed by atoms with E-state index in [1.807, 2.05) is 12.1 Å². The first-order valence-corrected chi connectivity index (χ1v) is 9.44. The van der Waals surface area contributed by atoms with Crippen molar-refractivity contribution in [1.29, 1.82) is 0 Å². The maximum absolute atomic E-state index is 12.3. The van der Waals surface area contributed by atoms with E-state index in [1.54, 1.807) is 25.3 Å². The minimum atomic E-state index is -3.69. The molecule has 26 heavy (non-hydrogen) atoms. The maximum atomic E-state index is 12.3. The van der Waals surface area contributed by atoms with Crippen LogP contribution in [-0.4, -0.2) is 41.7 Å². The fourth-order valence-electron chi connectivity index (χ4n) is 2.19. The van der Waals surface area contributed by atoms with E-state index in [0.717, 1.165) is 11.3 Å². The minimum absolute atomic E-state index is 0.0331. The van der Waals surface area contributed by atoms with Crippen LogP contribution in [0, 0.1) is 0 Å². The van der Waals surface area contributed by atoms with Crippen LogP contribution in [0.3, 0.4) is 0 Å². The van der Waals surface area contributed by atoms with Crippen molar-refractivity contribution in [2.75, 3.05) is 27.4 Å². The molecule has 0 aliphatic carbocycles. The van der Waals surface area contributed by atoms with Gasteiger partial charge in [-0.25, -0.2) is 13.1 Å². The number of nitrogens with one attached hydrogen (secondary N) is 2. The summed E-state index contributed by atoms with van der Waals surface area (Å²) >= 11 is 0. The third-order valence-electron chi connectivity index (χ3n) is 3.62. The highest BCUT2D eigenvalue weighted by atomic mass is 32.2. The topological polar surface area (TPSA) is 93.7 Å². The Hall–Kier alpha value is -2.42. The second kappa shape index (κ2) is 9.33. The normalized spacial score (nSPS) is 11.2. The van der Waals surface area contributed by atoms with Crippen molar-refractivity contribution in [1.82, 2.24) is 10.0 Å². The van der Waals surface area contributed by atoms with Crippen molar-refractivity contribution in [3.8, 4) is 5.75 Å². The first kappa shape index (κ1) is 19.9. The molecule has 8 heteroatoms. The highest BCUT2D eigenvalue weighted by molar-refractivity contribution is 7.89. The number of benzene rings is 2. The molecule has 2 aromatic rings. The number of sulfonamides is 1. The van der Waals surface area contributed by atoms with Crippen molar-refractivity contribution in [3.05, 3.63) is 59.7 Å².